The average Bonchev–Trinajstić information content (AvgIpc) is 3.25. The number of rotatable bonds is 7. The molecule has 0 unspecified atom stereocenters. The molecule has 1 aromatic carbocycles. The summed E-state index contributed by atoms with van der Waals surface area (Å²) in [5, 5.41) is 11.4. The Morgan fingerprint density at radius 1 is 1.00 bits per heavy atom. The van der Waals surface area contributed by atoms with Crippen molar-refractivity contribution in [2.45, 2.75) is 31.6 Å². The van der Waals surface area contributed by atoms with E-state index in [-0.39, 0.29) is 10.8 Å². The molecule has 4 rings (SSSR count). The van der Waals surface area contributed by atoms with Crippen LogP contribution < -0.4 is 10.2 Å². The third-order valence-electron chi connectivity index (χ3n) is 5.52. The molecule has 10 nitrogen and oxygen atoms in total. The number of hydrogen-bond acceptors (Lipinski definition) is 7. The van der Waals surface area contributed by atoms with E-state index in [1.165, 1.54) is 16.4 Å². The molecule has 3 heterocycles. The number of carbonyl (C=O) groups is 1. The lowest BCUT2D eigenvalue weighted by molar-refractivity contribution is -0.116. The lowest BCUT2D eigenvalue weighted by Gasteiger charge is -2.34. The number of nitrogens with one attached hydrogen (secondary N) is 1. The molecule has 1 fully saturated rings. The zero-order chi connectivity index (χ0) is 23.4. The number of carbonyl (C=O) groups excluding carboxylic acids is 1. The second-order valence-electron chi connectivity index (χ2n) is 7.81. The molecule has 1 amide bonds. The number of aromatic nitrogens is 4. The first-order valence-corrected chi connectivity index (χ1v) is 12.3. The summed E-state index contributed by atoms with van der Waals surface area (Å²) in [5.74, 6) is 2.14. The lowest BCUT2D eigenvalue weighted by Crippen LogP contribution is -2.49. The Morgan fingerprint density at radius 3 is 2.24 bits per heavy atom. The van der Waals surface area contributed by atoms with Crippen molar-refractivity contribution in [3.63, 3.8) is 0 Å². The number of aryl methyl sites for hydroxylation is 1. The molecule has 0 aliphatic carbocycles. The molecule has 11 heteroatoms. The van der Waals surface area contributed by atoms with Crippen LogP contribution in [-0.4, -0.2) is 64.6 Å². The van der Waals surface area contributed by atoms with Crippen LogP contribution in [0.15, 0.2) is 53.7 Å². The summed E-state index contributed by atoms with van der Waals surface area (Å²) in [6.45, 7) is 5.55. The fourth-order valence-corrected chi connectivity index (χ4v) is 5.13. The number of piperazine rings is 1. The summed E-state index contributed by atoms with van der Waals surface area (Å²) in [6.07, 6.45) is 4.72. The fourth-order valence-electron chi connectivity index (χ4n) is 3.70. The lowest BCUT2D eigenvalue weighted by atomic mass is 10.3. The number of benzene rings is 1. The van der Waals surface area contributed by atoms with E-state index in [4.69, 9.17) is 0 Å². The standard InChI is InChI=1S/C22H27N7O3S/c1-3-4-22(30)24-18-5-7-19(8-6-18)33(31,32)28-15-13-27(14-16-28)20-9-10-21(26-25-20)29-12-11-23-17(29)2/h5-12H,3-4,13-16H2,1-2H3,(H,24,30). The highest BCUT2D eigenvalue weighted by Crippen LogP contribution is 2.22. The Labute approximate surface area is 193 Å². The van der Waals surface area contributed by atoms with Crippen LogP contribution in [0.1, 0.15) is 25.6 Å². The van der Waals surface area contributed by atoms with Crippen LogP contribution in [0.4, 0.5) is 11.5 Å². The van der Waals surface area contributed by atoms with Crippen LogP contribution in [-0.2, 0) is 14.8 Å². The predicted molar refractivity (Wildman–Crippen MR) is 125 cm³/mol. The molecule has 0 spiro atoms. The van der Waals surface area contributed by atoms with E-state index in [1.54, 1.807) is 18.3 Å². The maximum Gasteiger partial charge on any atom is 0.243 e. The van der Waals surface area contributed by atoms with Gasteiger partial charge in [0.05, 0.1) is 4.90 Å². The number of nitrogens with zero attached hydrogens (tertiary/aromatic N) is 6. The highest BCUT2D eigenvalue weighted by Gasteiger charge is 2.29. The Morgan fingerprint density at radius 2 is 1.67 bits per heavy atom. The third-order valence-corrected chi connectivity index (χ3v) is 7.44. The molecular formula is C22H27N7O3S. The summed E-state index contributed by atoms with van der Waals surface area (Å²) in [7, 11) is -3.62. The van der Waals surface area contributed by atoms with Crippen molar-refractivity contribution in [3.8, 4) is 5.82 Å². The Hall–Kier alpha value is -3.31. The van der Waals surface area contributed by atoms with Crippen molar-refractivity contribution in [1.29, 1.82) is 0 Å². The summed E-state index contributed by atoms with van der Waals surface area (Å²) < 4.78 is 29.4. The Kier molecular flexibility index (Phi) is 6.70. The van der Waals surface area contributed by atoms with E-state index in [1.807, 2.05) is 41.6 Å². The van der Waals surface area contributed by atoms with E-state index in [0.29, 0.717) is 49.9 Å². The molecule has 1 aliphatic rings. The van der Waals surface area contributed by atoms with E-state index in [9.17, 15) is 13.2 Å². The molecule has 0 radical (unpaired) electrons. The maximum atomic E-state index is 13.1. The predicted octanol–water partition coefficient (Wildman–Crippen LogP) is 2.22. The average molecular weight is 470 g/mol. The SMILES string of the molecule is CCCC(=O)Nc1ccc(S(=O)(=O)N2CCN(c3ccc(-n4ccnc4C)nn3)CC2)cc1. The highest BCUT2D eigenvalue weighted by atomic mass is 32.2. The van der Waals surface area contributed by atoms with Crippen LogP contribution in [0.5, 0.6) is 0 Å². The van der Waals surface area contributed by atoms with Crippen molar-refractivity contribution in [3.05, 3.63) is 54.6 Å². The summed E-state index contributed by atoms with van der Waals surface area (Å²) >= 11 is 0. The second-order valence-corrected chi connectivity index (χ2v) is 9.75. The van der Waals surface area contributed by atoms with Gasteiger partial charge in [-0.05, 0) is 49.7 Å². The van der Waals surface area contributed by atoms with E-state index in [0.717, 1.165) is 12.2 Å². The van der Waals surface area contributed by atoms with Gasteiger partial charge in [-0.3, -0.25) is 9.36 Å². The second kappa shape index (κ2) is 9.67. The zero-order valence-electron chi connectivity index (χ0n) is 18.7. The molecule has 3 aromatic rings. The topological polar surface area (TPSA) is 113 Å². The van der Waals surface area contributed by atoms with Gasteiger partial charge in [-0.2, -0.15) is 4.31 Å². The maximum absolute atomic E-state index is 13.1. The highest BCUT2D eigenvalue weighted by molar-refractivity contribution is 7.89. The number of imidazole rings is 1. The van der Waals surface area contributed by atoms with Crippen LogP contribution in [0.25, 0.3) is 5.82 Å². The van der Waals surface area contributed by atoms with Gasteiger partial charge in [-0.1, -0.05) is 6.92 Å². The summed E-state index contributed by atoms with van der Waals surface area (Å²) in [5.41, 5.74) is 0.588. The van der Waals surface area contributed by atoms with Gasteiger partial charge in [0.2, 0.25) is 15.9 Å². The van der Waals surface area contributed by atoms with Crippen molar-refractivity contribution in [2.75, 3.05) is 36.4 Å². The largest absolute Gasteiger partial charge is 0.352 e. The molecule has 0 saturated carbocycles. The molecule has 174 valence electrons. The van der Waals surface area contributed by atoms with E-state index in [2.05, 4.69) is 20.5 Å². The molecule has 1 aliphatic heterocycles. The molecular weight excluding hydrogens is 442 g/mol. The van der Waals surface area contributed by atoms with Crippen molar-refractivity contribution < 1.29 is 13.2 Å². The molecule has 0 bridgehead atoms. The molecule has 1 N–H and O–H groups in total. The van der Waals surface area contributed by atoms with Gasteiger partial charge < -0.3 is 10.2 Å². The van der Waals surface area contributed by atoms with E-state index >= 15 is 0 Å². The van der Waals surface area contributed by atoms with Crippen LogP contribution >= 0.6 is 0 Å². The quantitative estimate of drug-likeness (QED) is 0.564. The first-order valence-electron chi connectivity index (χ1n) is 10.9. The normalized spacial score (nSPS) is 14.9. The fraction of sp³-hybridized carbons (Fsp3) is 0.364. The van der Waals surface area contributed by atoms with Gasteiger partial charge in [-0.15, -0.1) is 10.2 Å². The molecule has 33 heavy (non-hydrogen) atoms. The first-order chi connectivity index (χ1) is 15.9. The number of amides is 1. The minimum Gasteiger partial charge on any atom is -0.352 e. The van der Waals surface area contributed by atoms with E-state index < -0.39 is 10.0 Å². The van der Waals surface area contributed by atoms with Gasteiger partial charge in [0, 0.05) is 50.7 Å². The van der Waals surface area contributed by atoms with Gasteiger partial charge in [0.1, 0.15) is 5.82 Å². The van der Waals surface area contributed by atoms with Crippen LogP contribution in [0, 0.1) is 6.92 Å². The zero-order valence-corrected chi connectivity index (χ0v) is 19.5. The molecule has 1 saturated heterocycles. The summed E-state index contributed by atoms with van der Waals surface area (Å²) in [6, 6.07) is 10.1. The van der Waals surface area contributed by atoms with Gasteiger partial charge in [0.15, 0.2) is 11.6 Å². The Balaban J connectivity index is 1.38. The number of sulfonamides is 1. The molecule has 0 atom stereocenters. The third kappa shape index (κ3) is 5.04. The number of hydrogen-bond donors (Lipinski definition) is 1. The smallest absolute Gasteiger partial charge is 0.243 e. The van der Waals surface area contributed by atoms with Gasteiger partial charge in [-0.25, -0.2) is 13.4 Å². The van der Waals surface area contributed by atoms with Crippen molar-refractivity contribution in [1.82, 2.24) is 24.1 Å². The van der Waals surface area contributed by atoms with Gasteiger partial charge in [0.25, 0.3) is 0 Å². The minimum absolute atomic E-state index is 0.0829. The van der Waals surface area contributed by atoms with Gasteiger partial charge >= 0.3 is 0 Å². The molecule has 2 aromatic heterocycles. The monoisotopic (exact) mass is 469 g/mol. The van der Waals surface area contributed by atoms with Crippen molar-refractivity contribution in [2.24, 2.45) is 0 Å². The summed E-state index contributed by atoms with van der Waals surface area (Å²) in [4.78, 5) is 18.2. The van der Waals surface area contributed by atoms with Crippen LogP contribution in [0.2, 0.25) is 0 Å². The first kappa shape index (κ1) is 22.9. The van der Waals surface area contributed by atoms with Crippen LogP contribution in [0.3, 0.4) is 0 Å². The Bertz CT molecular complexity index is 1200. The minimum atomic E-state index is -3.62. The van der Waals surface area contributed by atoms with Crippen molar-refractivity contribution >= 4 is 27.4 Å². The number of anilines is 2.